The van der Waals surface area contributed by atoms with Crippen molar-refractivity contribution in [2.75, 3.05) is 0 Å². The summed E-state index contributed by atoms with van der Waals surface area (Å²) in [6.45, 7) is 8.39. The molecule has 0 bridgehead atoms. The van der Waals surface area contributed by atoms with Crippen molar-refractivity contribution in [3.05, 3.63) is 97.3 Å². The minimum atomic E-state index is -0.399. The Morgan fingerprint density at radius 1 is 0.571 bits per heavy atom. The lowest BCUT2D eigenvalue weighted by atomic mass is 9.74. The van der Waals surface area contributed by atoms with Gasteiger partial charge < -0.3 is 9.31 Å². The molecule has 3 nitrogen and oxygen atoms in total. The van der Waals surface area contributed by atoms with E-state index in [1.165, 1.54) is 32.8 Å². The molecular weight excluding hydrogens is 429 g/mol. The van der Waals surface area contributed by atoms with Crippen molar-refractivity contribution in [1.29, 1.82) is 0 Å². The van der Waals surface area contributed by atoms with E-state index in [1.54, 1.807) is 0 Å². The van der Waals surface area contributed by atoms with Gasteiger partial charge in [0.2, 0.25) is 0 Å². The fraction of sp³-hybridized carbons (Fsp3) is 0.194. The van der Waals surface area contributed by atoms with Gasteiger partial charge in [-0.25, -0.2) is 0 Å². The molecule has 1 saturated heterocycles. The van der Waals surface area contributed by atoms with Crippen LogP contribution in [0.1, 0.15) is 27.7 Å². The highest BCUT2D eigenvalue weighted by atomic mass is 16.7. The van der Waals surface area contributed by atoms with E-state index < -0.39 is 7.12 Å². The summed E-state index contributed by atoms with van der Waals surface area (Å²) >= 11 is 0. The molecule has 0 radical (unpaired) electrons. The Morgan fingerprint density at radius 2 is 1.09 bits per heavy atom. The summed E-state index contributed by atoms with van der Waals surface area (Å²) in [5.41, 5.74) is 5.04. The zero-order chi connectivity index (χ0) is 24.2. The van der Waals surface area contributed by atoms with Gasteiger partial charge in [-0.3, -0.25) is 4.98 Å². The first-order chi connectivity index (χ1) is 16.9. The van der Waals surface area contributed by atoms with Crippen LogP contribution in [0.2, 0.25) is 0 Å². The van der Waals surface area contributed by atoms with Gasteiger partial charge in [0.25, 0.3) is 0 Å². The van der Waals surface area contributed by atoms with Gasteiger partial charge in [0.05, 0.1) is 11.2 Å². The third-order valence-corrected chi connectivity index (χ3v) is 7.65. The largest absolute Gasteiger partial charge is 0.495 e. The van der Waals surface area contributed by atoms with E-state index in [0.29, 0.717) is 0 Å². The SMILES string of the molecule is CC1(C)OB(c2ccc(-c3ccc(-c4cccnc4)c4ccccc34)c3ccccc23)OC1(C)C. The third kappa shape index (κ3) is 3.56. The summed E-state index contributed by atoms with van der Waals surface area (Å²) in [5.74, 6) is 0. The molecule has 0 aliphatic carbocycles. The maximum absolute atomic E-state index is 6.41. The highest BCUT2D eigenvalue weighted by Crippen LogP contribution is 2.40. The fourth-order valence-electron chi connectivity index (χ4n) is 5.04. The summed E-state index contributed by atoms with van der Waals surface area (Å²) in [7, 11) is -0.399. The molecule has 1 aliphatic heterocycles. The number of aromatic nitrogens is 1. The van der Waals surface area contributed by atoms with Crippen LogP contribution >= 0.6 is 0 Å². The molecule has 0 amide bonds. The standard InChI is InChI=1S/C31H28BNO2/c1-30(2)31(3,4)35-32(34-30)29-18-17-27(25-13-7-8-14-28(25)29)26-16-15-22(21-10-9-19-33-20-21)23-11-5-6-12-24(23)26/h5-20H,1-4H3. The van der Waals surface area contributed by atoms with Crippen LogP contribution in [0.25, 0.3) is 43.8 Å². The van der Waals surface area contributed by atoms with Crippen LogP contribution in [0.15, 0.2) is 97.3 Å². The van der Waals surface area contributed by atoms with Crippen molar-refractivity contribution in [1.82, 2.24) is 4.98 Å². The molecule has 5 aromatic rings. The highest BCUT2D eigenvalue weighted by Gasteiger charge is 2.52. The van der Waals surface area contributed by atoms with Gasteiger partial charge in [-0.05, 0) is 77.5 Å². The maximum atomic E-state index is 6.41. The van der Waals surface area contributed by atoms with Crippen molar-refractivity contribution in [2.24, 2.45) is 0 Å². The number of nitrogens with zero attached hydrogens (tertiary/aromatic N) is 1. The molecular formula is C31H28BNO2. The van der Waals surface area contributed by atoms with Gasteiger partial charge in [-0.1, -0.05) is 78.9 Å². The van der Waals surface area contributed by atoms with E-state index in [-0.39, 0.29) is 11.2 Å². The average Bonchev–Trinajstić information content (AvgIpc) is 3.09. The lowest BCUT2D eigenvalue weighted by Crippen LogP contribution is -2.41. The summed E-state index contributed by atoms with van der Waals surface area (Å²) in [6, 6.07) is 30.1. The molecule has 4 heteroatoms. The Kier molecular flexibility index (Phi) is 5.06. The normalized spacial score (nSPS) is 16.7. The van der Waals surface area contributed by atoms with Crippen molar-refractivity contribution in [3.8, 4) is 22.3 Å². The van der Waals surface area contributed by atoms with Gasteiger partial charge >= 0.3 is 7.12 Å². The van der Waals surface area contributed by atoms with Gasteiger partial charge in [0, 0.05) is 18.0 Å². The van der Waals surface area contributed by atoms with E-state index in [0.717, 1.165) is 16.4 Å². The van der Waals surface area contributed by atoms with Crippen LogP contribution in [0, 0.1) is 0 Å². The molecule has 0 spiro atoms. The summed E-state index contributed by atoms with van der Waals surface area (Å²) in [5, 5.41) is 4.79. The summed E-state index contributed by atoms with van der Waals surface area (Å²) < 4.78 is 12.8. The predicted molar refractivity (Wildman–Crippen MR) is 146 cm³/mol. The van der Waals surface area contributed by atoms with Crippen LogP contribution in [-0.4, -0.2) is 23.3 Å². The lowest BCUT2D eigenvalue weighted by molar-refractivity contribution is 0.00578. The van der Waals surface area contributed by atoms with Crippen molar-refractivity contribution < 1.29 is 9.31 Å². The second kappa shape index (κ2) is 8.05. The summed E-state index contributed by atoms with van der Waals surface area (Å²) in [4.78, 5) is 4.33. The van der Waals surface area contributed by atoms with Crippen molar-refractivity contribution in [3.63, 3.8) is 0 Å². The first-order valence-corrected chi connectivity index (χ1v) is 12.2. The Hall–Kier alpha value is -3.47. The van der Waals surface area contributed by atoms with Crippen LogP contribution < -0.4 is 5.46 Å². The molecule has 1 fully saturated rings. The first-order valence-electron chi connectivity index (χ1n) is 12.2. The van der Waals surface area contributed by atoms with Crippen molar-refractivity contribution >= 4 is 34.1 Å². The first kappa shape index (κ1) is 22.0. The lowest BCUT2D eigenvalue weighted by Gasteiger charge is -2.32. The molecule has 1 aliphatic rings. The van der Waals surface area contributed by atoms with Gasteiger partial charge in [-0.2, -0.15) is 0 Å². The molecule has 0 saturated carbocycles. The topological polar surface area (TPSA) is 31.4 Å². The van der Waals surface area contributed by atoms with Crippen LogP contribution in [0.4, 0.5) is 0 Å². The molecule has 172 valence electrons. The number of hydrogen-bond acceptors (Lipinski definition) is 3. The molecule has 1 aromatic heterocycles. The average molecular weight is 457 g/mol. The zero-order valence-corrected chi connectivity index (χ0v) is 20.6. The van der Waals surface area contributed by atoms with Gasteiger partial charge in [-0.15, -0.1) is 0 Å². The van der Waals surface area contributed by atoms with Gasteiger partial charge in [0.15, 0.2) is 0 Å². The van der Waals surface area contributed by atoms with Crippen LogP contribution in [0.5, 0.6) is 0 Å². The van der Waals surface area contributed by atoms with E-state index >= 15 is 0 Å². The number of benzene rings is 4. The molecule has 0 N–H and O–H groups in total. The van der Waals surface area contributed by atoms with E-state index in [1.807, 2.05) is 18.5 Å². The number of hydrogen-bond donors (Lipinski definition) is 0. The number of rotatable bonds is 3. The molecule has 35 heavy (non-hydrogen) atoms. The smallest absolute Gasteiger partial charge is 0.399 e. The molecule has 0 atom stereocenters. The molecule has 2 heterocycles. The zero-order valence-electron chi connectivity index (χ0n) is 20.6. The van der Waals surface area contributed by atoms with E-state index in [9.17, 15) is 0 Å². The Labute approximate surface area is 206 Å². The van der Waals surface area contributed by atoms with Crippen LogP contribution in [0.3, 0.4) is 0 Å². The quantitative estimate of drug-likeness (QED) is 0.273. The second-order valence-electron chi connectivity index (χ2n) is 10.3. The minimum absolute atomic E-state index is 0.379. The Morgan fingerprint density at radius 3 is 1.69 bits per heavy atom. The second-order valence-corrected chi connectivity index (χ2v) is 10.3. The van der Waals surface area contributed by atoms with Gasteiger partial charge in [0.1, 0.15) is 0 Å². The summed E-state index contributed by atoms with van der Waals surface area (Å²) in [6.07, 6.45) is 3.74. The van der Waals surface area contributed by atoms with Crippen molar-refractivity contribution in [2.45, 2.75) is 38.9 Å². The Balaban J connectivity index is 1.54. The number of pyridine rings is 1. The minimum Gasteiger partial charge on any atom is -0.399 e. The molecule has 6 rings (SSSR count). The fourth-order valence-corrected chi connectivity index (χ4v) is 5.04. The maximum Gasteiger partial charge on any atom is 0.495 e. The Bertz CT molecular complexity index is 1540. The van der Waals surface area contributed by atoms with E-state index in [4.69, 9.17) is 9.31 Å². The third-order valence-electron chi connectivity index (χ3n) is 7.65. The molecule has 0 unspecified atom stereocenters. The number of fused-ring (bicyclic) bond motifs is 2. The van der Waals surface area contributed by atoms with Crippen LogP contribution in [-0.2, 0) is 9.31 Å². The highest BCUT2D eigenvalue weighted by molar-refractivity contribution is 6.65. The van der Waals surface area contributed by atoms with E-state index in [2.05, 4.69) is 112 Å². The molecule has 4 aromatic carbocycles. The predicted octanol–water partition coefficient (Wildman–Crippen LogP) is 7.02. The monoisotopic (exact) mass is 457 g/mol.